The highest BCUT2D eigenvalue weighted by Gasteiger charge is 2.24. The van der Waals surface area contributed by atoms with E-state index in [9.17, 15) is 10.1 Å². The van der Waals surface area contributed by atoms with Crippen LogP contribution in [0.4, 0.5) is 5.88 Å². The molecule has 0 spiro atoms. The predicted molar refractivity (Wildman–Crippen MR) is 94.9 cm³/mol. The molecule has 1 aromatic rings. The number of morpholine rings is 1. The zero-order valence-electron chi connectivity index (χ0n) is 14.7. The number of furan rings is 1. The average Bonchev–Trinajstić information content (AvgIpc) is 3.11. The molecule has 1 N–H and O–H groups in total. The molecule has 2 heterocycles. The van der Waals surface area contributed by atoms with Gasteiger partial charge in [0.2, 0.25) is 0 Å². The molecule has 1 saturated carbocycles. The third-order valence-corrected chi connectivity index (χ3v) is 5.01. The Morgan fingerprint density at radius 3 is 2.80 bits per heavy atom. The normalized spacial score (nSPS) is 24.6. The number of hydrogen-bond acceptors (Lipinski definition) is 5. The fourth-order valence-corrected chi connectivity index (χ4v) is 3.44. The largest absolute Gasteiger partial charge is 0.441 e. The van der Waals surface area contributed by atoms with Crippen LogP contribution in [0.5, 0.6) is 0 Å². The van der Waals surface area contributed by atoms with Gasteiger partial charge in [-0.2, -0.15) is 5.26 Å². The molecule has 2 fully saturated rings. The van der Waals surface area contributed by atoms with E-state index in [2.05, 4.69) is 17.1 Å². The Morgan fingerprint density at radius 1 is 1.32 bits per heavy atom. The Balaban J connectivity index is 1.66. The minimum atomic E-state index is -0.314. The first-order valence-electron chi connectivity index (χ1n) is 9.02. The Labute approximate surface area is 148 Å². The second-order valence-corrected chi connectivity index (χ2v) is 6.79. The number of ether oxygens (including phenoxy) is 1. The number of carbonyl (C=O) groups excluding carboxylic acids is 1. The van der Waals surface area contributed by atoms with E-state index in [0.29, 0.717) is 24.9 Å². The van der Waals surface area contributed by atoms with E-state index in [1.165, 1.54) is 12.5 Å². The maximum atomic E-state index is 12.4. The molecule has 1 aromatic heterocycles. The molecular formula is C19H25N3O3. The standard InChI is InChI=1S/C19H25N3O3/c1-14-4-2-3-5-17(14)21-19(23)15(13-20)12-16-6-7-18(25-16)22-8-10-24-11-9-22/h6-7,12,14,17H,2-5,8-11H2,1H3,(H,21,23)/b15-12+/t14-,17+/m0/s1. The van der Waals surface area contributed by atoms with Crippen molar-refractivity contribution < 1.29 is 13.9 Å². The van der Waals surface area contributed by atoms with Gasteiger partial charge >= 0.3 is 0 Å². The highest BCUT2D eigenvalue weighted by Crippen LogP contribution is 2.24. The summed E-state index contributed by atoms with van der Waals surface area (Å²) >= 11 is 0. The van der Waals surface area contributed by atoms with Crippen molar-refractivity contribution in [2.75, 3.05) is 31.2 Å². The van der Waals surface area contributed by atoms with E-state index < -0.39 is 0 Å². The molecule has 134 valence electrons. The van der Waals surface area contributed by atoms with Gasteiger partial charge in [-0.1, -0.05) is 19.8 Å². The summed E-state index contributed by atoms with van der Waals surface area (Å²) < 4.78 is 11.1. The van der Waals surface area contributed by atoms with Gasteiger partial charge in [0, 0.05) is 31.3 Å². The molecule has 1 saturated heterocycles. The number of hydrogen-bond donors (Lipinski definition) is 1. The van der Waals surface area contributed by atoms with Gasteiger partial charge in [-0.25, -0.2) is 0 Å². The van der Waals surface area contributed by atoms with Crippen molar-refractivity contribution in [3.05, 3.63) is 23.5 Å². The average molecular weight is 343 g/mol. The summed E-state index contributed by atoms with van der Waals surface area (Å²) in [4.78, 5) is 14.5. The Morgan fingerprint density at radius 2 is 2.08 bits per heavy atom. The van der Waals surface area contributed by atoms with Crippen LogP contribution in [0, 0.1) is 17.2 Å². The summed E-state index contributed by atoms with van der Waals surface area (Å²) in [5, 5.41) is 12.4. The summed E-state index contributed by atoms with van der Waals surface area (Å²) in [5.74, 6) is 1.40. The summed E-state index contributed by atoms with van der Waals surface area (Å²) in [6, 6.07) is 5.81. The Bertz CT molecular complexity index is 668. The number of rotatable bonds is 4. The SMILES string of the molecule is C[C@H]1CCCC[C@H]1NC(=O)/C(C#N)=C/c1ccc(N2CCOCC2)o1. The number of amides is 1. The maximum absolute atomic E-state index is 12.4. The molecule has 0 bridgehead atoms. The zero-order valence-corrected chi connectivity index (χ0v) is 14.7. The van der Waals surface area contributed by atoms with Crippen molar-refractivity contribution in [1.82, 2.24) is 5.32 Å². The van der Waals surface area contributed by atoms with Crippen LogP contribution >= 0.6 is 0 Å². The van der Waals surface area contributed by atoms with E-state index in [1.807, 2.05) is 12.1 Å². The van der Waals surface area contributed by atoms with E-state index in [-0.39, 0.29) is 17.5 Å². The van der Waals surface area contributed by atoms with Gasteiger partial charge in [-0.15, -0.1) is 0 Å². The van der Waals surface area contributed by atoms with Crippen LogP contribution < -0.4 is 10.2 Å². The van der Waals surface area contributed by atoms with Crippen molar-refractivity contribution >= 4 is 17.9 Å². The van der Waals surface area contributed by atoms with Crippen molar-refractivity contribution in [2.24, 2.45) is 5.92 Å². The number of nitrogens with zero attached hydrogens (tertiary/aromatic N) is 2. The molecule has 0 unspecified atom stereocenters. The number of nitrogens with one attached hydrogen (secondary N) is 1. The summed E-state index contributed by atoms with van der Waals surface area (Å²) in [6.07, 6.45) is 5.96. The lowest BCUT2D eigenvalue weighted by Gasteiger charge is -2.29. The molecule has 1 aliphatic heterocycles. The molecule has 1 aliphatic carbocycles. The maximum Gasteiger partial charge on any atom is 0.262 e. The third-order valence-electron chi connectivity index (χ3n) is 5.01. The second kappa shape index (κ2) is 8.21. The number of nitriles is 1. The molecule has 2 aliphatic rings. The molecule has 6 heteroatoms. The molecular weight excluding hydrogens is 318 g/mol. The van der Waals surface area contributed by atoms with Crippen molar-refractivity contribution in [1.29, 1.82) is 5.26 Å². The Kier molecular flexibility index (Phi) is 5.77. The minimum absolute atomic E-state index is 0.0839. The van der Waals surface area contributed by atoms with Crippen molar-refractivity contribution in [2.45, 2.75) is 38.6 Å². The molecule has 0 radical (unpaired) electrons. The monoisotopic (exact) mass is 343 g/mol. The van der Waals surface area contributed by atoms with Crippen LogP contribution in [-0.2, 0) is 9.53 Å². The number of anilines is 1. The first-order valence-corrected chi connectivity index (χ1v) is 9.02. The van der Waals surface area contributed by atoms with Gasteiger partial charge in [-0.05, 0) is 24.8 Å². The van der Waals surface area contributed by atoms with E-state index in [1.54, 1.807) is 6.07 Å². The van der Waals surface area contributed by atoms with Crippen LogP contribution in [0.2, 0.25) is 0 Å². The zero-order chi connectivity index (χ0) is 17.6. The van der Waals surface area contributed by atoms with Crippen LogP contribution in [0.1, 0.15) is 38.4 Å². The van der Waals surface area contributed by atoms with Crippen molar-refractivity contribution in [3.8, 4) is 6.07 Å². The molecule has 6 nitrogen and oxygen atoms in total. The molecule has 0 aromatic carbocycles. The fourth-order valence-electron chi connectivity index (χ4n) is 3.44. The fraction of sp³-hybridized carbons (Fsp3) is 0.579. The molecule has 2 atom stereocenters. The van der Waals surface area contributed by atoms with Crippen molar-refractivity contribution in [3.63, 3.8) is 0 Å². The van der Waals surface area contributed by atoms with Gasteiger partial charge in [0.25, 0.3) is 5.91 Å². The van der Waals surface area contributed by atoms with E-state index in [4.69, 9.17) is 9.15 Å². The topological polar surface area (TPSA) is 78.5 Å². The summed E-state index contributed by atoms with van der Waals surface area (Å²) in [7, 11) is 0. The lowest BCUT2D eigenvalue weighted by atomic mass is 9.86. The predicted octanol–water partition coefficient (Wildman–Crippen LogP) is 2.72. The molecule has 1 amide bonds. The van der Waals surface area contributed by atoms with Crippen LogP contribution in [0.3, 0.4) is 0 Å². The summed E-state index contributed by atoms with van der Waals surface area (Å²) in [5.41, 5.74) is 0.0839. The highest BCUT2D eigenvalue weighted by atomic mass is 16.5. The highest BCUT2D eigenvalue weighted by molar-refractivity contribution is 6.01. The second-order valence-electron chi connectivity index (χ2n) is 6.79. The van der Waals surface area contributed by atoms with E-state index in [0.717, 1.165) is 38.2 Å². The van der Waals surface area contributed by atoms with Gasteiger partial charge in [0.1, 0.15) is 17.4 Å². The molecule has 25 heavy (non-hydrogen) atoms. The van der Waals surface area contributed by atoms with Gasteiger partial charge in [0.05, 0.1) is 13.2 Å². The minimum Gasteiger partial charge on any atom is -0.441 e. The smallest absolute Gasteiger partial charge is 0.262 e. The van der Waals surface area contributed by atoms with Gasteiger partial charge in [0.15, 0.2) is 5.88 Å². The number of carbonyl (C=O) groups is 1. The van der Waals surface area contributed by atoms with Gasteiger partial charge in [-0.3, -0.25) is 4.79 Å². The van der Waals surface area contributed by atoms with Gasteiger partial charge < -0.3 is 19.4 Å². The van der Waals surface area contributed by atoms with Crippen LogP contribution in [0.15, 0.2) is 22.1 Å². The van der Waals surface area contributed by atoms with Crippen LogP contribution in [0.25, 0.3) is 6.08 Å². The lowest BCUT2D eigenvalue weighted by molar-refractivity contribution is -0.118. The third kappa shape index (κ3) is 4.43. The van der Waals surface area contributed by atoms with E-state index >= 15 is 0 Å². The molecule has 3 rings (SSSR count). The van der Waals surface area contributed by atoms with Crippen LogP contribution in [-0.4, -0.2) is 38.3 Å². The summed E-state index contributed by atoms with van der Waals surface area (Å²) in [6.45, 7) is 5.07. The first-order chi connectivity index (χ1) is 12.2. The Hall–Kier alpha value is -2.26. The lowest BCUT2D eigenvalue weighted by Crippen LogP contribution is -2.41. The first kappa shape index (κ1) is 17.6. The quantitative estimate of drug-likeness (QED) is 0.672.